The number of hydrogen-bond acceptors (Lipinski definition) is 3. The van der Waals surface area contributed by atoms with Gasteiger partial charge < -0.3 is 9.73 Å². The van der Waals surface area contributed by atoms with Crippen LogP contribution in [0.3, 0.4) is 0 Å². The second kappa shape index (κ2) is 7.33. The van der Waals surface area contributed by atoms with Crippen LogP contribution >= 0.6 is 11.6 Å². The van der Waals surface area contributed by atoms with Crippen molar-refractivity contribution < 1.29 is 9.21 Å². The largest absolute Gasteiger partial charge is 0.416 e. The zero-order chi connectivity index (χ0) is 19.7. The molecule has 0 aliphatic carbocycles. The first-order valence-electron chi connectivity index (χ1n) is 8.73. The summed E-state index contributed by atoms with van der Waals surface area (Å²) in [5.41, 5.74) is 2.43. The van der Waals surface area contributed by atoms with E-state index in [9.17, 15) is 9.59 Å². The molecule has 1 amide bonds. The summed E-state index contributed by atoms with van der Waals surface area (Å²) in [4.78, 5) is 25.5. The second-order valence-corrected chi connectivity index (χ2v) is 6.91. The quantitative estimate of drug-likeness (QED) is 0.490. The third kappa shape index (κ3) is 3.42. The normalized spacial score (nSPS) is 10.8. The van der Waals surface area contributed by atoms with Crippen molar-refractivity contribution in [2.24, 2.45) is 0 Å². The van der Waals surface area contributed by atoms with Gasteiger partial charge in [-0.05, 0) is 36.8 Å². The van der Waals surface area contributed by atoms with E-state index in [2.05, 4.69) is 5.32 Å². The first-order valence-corrected chi connectivity index (χ1v) is 9.10. The smallest absolute Gasteiger partial charge is 0.344 e. The first-order chi connectivity index (χ1) is 13.5. The molecule has 138 valence electrons. The molecule has 0 bridgehead atoms. The van der Waals surface area contributed by atoms with Gasteiger partial charge in [0.1, 0.15) is 0 Å². The number of aryl methyl sites for hydroxylation is 1. The molecule has 28 heavy (non-hydrogen) atoms. The molecule has 0 aliphatic heterocycles. The van der Waals surface area contributed by atoms with E-state index in [1.54, 1.807) is 36.4 Å². The Morgan fingerprint density at radius 1 is 0.929 bits per heavy atom. The first kappa shape index (κ1) is 18.0. The Hall–Kier alpha value is -3.37. The summed E-state index contributed by atoms with van der Waals surface area (Å²) in [6, 6.07) is 21.6. The SMILES string of the molecule is Cc1ccc(-c2c(C(=O)Nc3cccc(Cl)c3)oc(=O)c3ccccc23)cc1. The van der Waals surface area contributed by atoms with E-state index in [0.29, 0.717) is 27.0 Å². The molecule has 0 unspecified atom stereocenters. The topological polar surface area (TPSA) is 59.3 Å². The lowest BCUT2D eigenvalue weighted by molar-refractivity contribution is 0.0994. The fraction of sp³-hybridized carbons (Fsp3) is 0.0435. The van der Waals surface area contributed by atoms with Gasteiger partial charge in [-0.15, -0.1) is 0 Å². The summed E-state index contributed by atoms with van der Waals surface area (Å²) in [6.07, 6.45) is 0. The Labute approximate surface area is 166 Å². The molecule has 0 spiro atoms. The Morgan fingerprint density at radius 2 is 1.64 bits per heavy atom. The Morgan fingerprint density at radius 3 is 2.36 bits per heavy atom. The van der Waals surface area contributed by atoms with Gasteiger partial charge in [0.05, 0.1) is 5.39 Å². The molecule has 1 N–H and O–H groups in total. The number of anilines is 1. The molecule has 0 saturated carbocycles. The molecule has 0 radical (unpaired) electrons. The van der Waals surface area contributed by atoms with Gasteiger partial charge in [0.25, 0.3) is 5.91 Å². The number of hydrogen-bond donors (Lipinski definition) is 1. The molecule has 4 nitrogen and oxygen atoms in total. The van der Waals surface area contributed by atoms with E-state index in [1.807, 2.05) is 43.3 Å². The van der Waals surface area contributed by atoms with Crippen LogP contribution in [0.15, 0.2) is 82.0 Å². The predicted molar refractivity (Wildman–Crippen MR) is 112 cm³/mol. The zero-order valence-electron chi connectivity index (χ0n) is 15.0. The van der Waals surface area contributed by atoms with Crippen LogP contribution in [-0.4, -0.2) is 5.91 Å². The molecule has 1 aromatic heterocycles. The van der Waals surface area contributed by atoms with Crippen LogP contribution in [-0.2, 0) is 0 Å². The number of fused-ring (bicyclic) bond motifs is 1. The highest BCUT2D eigenvalue weighted by Crippen LogP contribution is 2.31. The van der Waals surface area contributed by atoms with E-state index in [1.165, 1.54) is 0 Å². The van der Waals surface area contributed by atoms with Crippen LogP contribution < -0.4 is 10.9 Å². The molecule has 0 fully saturated rings. The molecular weight excluding hydrogens is 374 g/mol. The number of rotatable bonds is 3. The Balaban J connectivity index is 1.92. The standard InChI is InChI=1S/C23H16ClNO3/c1-14-9-11-15(12-10-14)20-18-7-2-3-8-19(18)23(27)28-21(20)22(26)25-17-6-4-5-16(24)13-17/h2-13H,1H3,(H,25,26). The van der Waals surface area contributed by atoms with E-state index in [0.717, 1.165) is 11.1 Å². The van der Waals surface area contributed by atoms with E-state index in [4.69, 9.17) is 16.0 Å². The van der Waals surface area contributed by atoms with Crippen LogP contribution in [0.5, 0.6) is 0 Å². The monoisotopic (exact) mass is 389 g/mol. The average molecular weight is 390 g/mol. The molecular formula is C23H16ClNO3. The summed E-state index contributed by atoms with van der Waals surface area (Å²) in [6.45, 7) is 1.99. The van der Waals surface area contributed by atoms with Crippen LogP contribution in [0, 0.1) is 6.92 Å². The number of amides is 1. The molecule has 0 aliphatic rings. The molecule has 3 aromatic carbocycles. The van der Waals surface area contributed by atoms with E-state index < -0.39 is 11.5 Å². The van der Waals surface area contributed by atoms with Crippen molar-refractivity contribution in [3.05, 3.63) is 99.6 Å². The summed E-state index contributed by atoms with van der Waals surface area (Å²) in [5, 5.41) is 4.35. The number of carbonyl (C=O) groups is 1. The Bertz CT molecular complexity index is 1240. The maximum atomic E-state index is 13.0. The summed E-state index contributed by atoms with van der Waals surface area (Å²) in [7, 11) is 0. The van der Waals surface area contributed by atoms with Gasteiger partial charge in [0, 0.05) is 21.7 Å². The molecule has 4 rings (SSSR count). The van der Waals surface area contributed by atoms with Gasteiger partial charge in [-0.25, -0.2) is 4.79 Å². The third-order valence-electron chi connectivity index (χ3n) is 4.47. The maximum absolute atomic E-state index is 13.0. The minimum Gasteiger partial charge on any atom is -0.416 e. The summed E-state index contributed by atoms with van der Waals surface area (Å²) >= 11 is 5.99. The van der Waals surface area contributed by atoms with Gasteiger partial charge in [-0.1, -0.05) is 65.7 Å². The minimum absolute atomic E-state index is 0.0347. The fourth-order valence-electron chi connectivity index (χ4n) is 3.12. The lowest BCUT2D eigenvalue weighted by Gasteiger charge is -2.12. The van der Waals surface area contributed by atoms with Gasteiger partial charge in [0.15, 0.2) is 0 Å². The number of halogens is 1. The van der Waals surface area contributed by atoms with Crippen molar-refractivity contribution in [3.8, 4) is 11.1 Å². The summed E-state index contributed by atoms with van der Waals surface area (Å²) < 4.78 is 5.47. The predicted octanol–water partition coefficient (Wildman–Crippen LogP) is 5.67. The minimum atomic E-state index is -0.553. The fourth-order valence-corrected chi connectivity index (χ4v) is 3.31. The van der Waals surface area contributed by atoms with Gasteiger partial charge in [-0.2, -0.15) is 0 Å². The molecule has 1 heterocycles. The van der Waals surface area contributed by atoms with E-state index >= 15 is 0 Å². The van der Waals surface area contributed by atoms with Gasteiger partial charge in [-0.3, -0.25) is 4.79 Å². The summed E-state index contributed by atoms with van der Waals surface area (Å²) in [5.74, 6) is -0.548. The molecule has 0 saturated heterocycles. The highest BCUT2D eigenvalue weighted by atomic mass is 35.5. The van der Waals surface area contributed by atoms with Crippen molar-refractivity contribution in [2.75, 3.05) is 5.32 Å². The van der Waals surface area contributed by atoms with Crippen LogP contribution in [0.25, 0.3) is 21.9 Å². The highest BCUT2D eigenvalue weighted by molar-refractivity contribution is 6.31. The van der Waals surface area contributed by atoms with E-state index in [-0.39, 0.29) is 5.76 Å². The van der Waals surface area contributed by atoms with Gasteiger partial charge >= 0.3 is 5.63 Å². The number of carbonyl (C=O) groups excluding carboxylic acids is 1. The highest BCUT2D eigenvalue weighted by Gasteiger charge is 2.21. The lowest BCUT2D eigenvalue weighted by Crippen LogP contribution is -2.16. The van der Waals surface area contributed by atoms with Crippen molar-refractivity contribution in [3.63, 3.8) is 0 Å². The average Bonchev–Trinajstić information content (AvgIpc) is 2.69. The number of benzene rings is 3. The van der Waals surface area contributed by atoms with Crippen LogP contribution in [0.1, 0.15) is 16.1 Å². The van der Waals surface area contributed by atoms with Crippen molar-refractivity contribution >= 4 is 34.0 Å². The van der Waals surface area contributed by atoms with Crippen molar-refractivity contribution in [1.82, 2.24) is 0 Å². The van der Waals surface area contributed by atoms with Gasteiger partial charge in [0.2, 0.25) is 5.76 Å². The van der Waals surface area contributed by atoms with Crippen molar-refractivity contribution in [2.45, 2.75) is 6.92 Å². The third-order valence-corrected chi connectivity index (χ3v) is 4.70. The number of nitrogens with one attached hydrogen (secondary N) is 1. The molecule has 4 aromatic rings. The molecule has 0 atom stereocenters. The lowest BCUT2D eigenvalue weighted by atomic mass is 9.97. The zero-order valence-corrected chi connectivity index (χ0v) is 15.8. The van der Waals surface area contributed by atoms with Crippen molar-refractivity contribution in [1.29, 1.82) is 0 Å². The molecule has 5 heteroatoms. The Kier molecular flexibility index (Phi) is 4.72. The van der Waals surface area contributed by atoms with Crippen LogP contribution in [0.4, 0.5) is 5.69 Å². The maximum Gasteiger partial charge on any atom is 0.344 e. The van der Waals surface area contributed by atoms with Crippen LogP contribution in [0.2, 0.25) is 5.02 Å². The second-order valence-electron chi connectivity index (χ2n) is 6.47.